The van der Waals surface area contributed by atoms with Crippen LogP contribution in [0.25, 0.3) is 0 Å². The quantitative estimate of drug-likeness (QED) is 0.846. The van der Waals surface area contributed by atoms with Gasteiger partial charge in [-0.1, -0.05) is 25.1 Å². The lowest BCUT2D eigenvalue weighted by atomic mass is 10.2. The van der Waals surface area contributed by atoms with Gasteiger partial charge in [-0.05, 0) is 12.5 Å². The Morgan fingerprint density at radius 3 is 2.60 bits per heavy atom. The summed E-state index contributed by atoms with van der Waals surface area (Å²) < 4.78 is 5.35. The highest BCUT2D eigenvalue weighted by molar-refractivity contribution is 5.57. The summed E-state index contributed by atoms with van der Waals surface area (Å²) in [6.07, 6.45) is 2.43. The van der Waals surface area contributed by atoms with Crippen LogP contribution in [0.5, 0.6) is 5.75 Å². The molecule has 1 heterocycles. The van der Waals surface area contributed by atoms with Crippen molar-refractivity contribution in [3.05, 3.63) is 41.7 Å². The Kier molecular flexibility index (Phi) is 4.76. The number of anilines is 2. The van der Waals surface area contributed by atoms with Gasteiger partial charge in [0.1, 0.15) is 23.7 Å². The van der Waals surface area contributed by atoms with E-state index in [1.165, 1.54) is 0 Å². The molecular weight excluding hydrogens is 252 g/mol. The summed E-state index contributed by atoms with van der Waals surface area (Å²) in [4.78, 5) is 8.56. The zero-order chi connectivity index (χ0) is 14.4. The van der Waals surface area contributed by atoms with E-state index in [1.807, 2.05) is 31.3 Å². The predicted molar refractivity (Wildman–Crippen MR) is 81.3 cm³/mol. The Hall–Kier alpha value is -2.30. The second-order valence-electron chi connectivity index (χ2n) is 4.32. The fourth-order valence-corrected chi connectivity index (χ4v) is 2.14. The summed E-state index contributed by atoms with van der Waals surface area (Å²) in [7, 11) is 3.55. The molecular formula is C15H20N4O. The third-order valence-electron chi connectivity index (χ3n) is 3.17. The molecule has 0 unspecified atom stereocenters. The number of hydrogen-bond donors (Lipinski definition) is 2. The Balaban J connectivity index is 2.19. The van der Waals surface area contributed by atoms with Crippen LogP contribution in [0.4, 0.5) is 11.6 Å². The molecule has 0 saturated heterocycles. The lowest BCUT2D eigenvalue weighted by molar-refractivity contribution is 0.410. The summed E-state index contributed by atoms with van der Waals surface area (Å²) in [6, 6.07) is 7.96. The van der Waals surface area contributed by atoms with E-state index < -0.39 is 0 Å². The highest BCUT2D eigenvalue weighted by atomic mass is 16.5. The van der Waals surface area contributed by atoms with E-state index in [0.717, 1.165) is 34.9 Å². The highest BCUT2D eigenvalue weighted by Crippen LogP contribution is 2.22. The van der Waals surface area contributed by atoms with Crippen LogP contribution in [0.2, 0.25) is 0 Å². The number of nitrogens with one attached hydrogen (secondary N) is 2. The molecule has 2 N–H and O–H groups in total. The Bertz CT molecular complexity index is 572. The van der Waals surface area contributed by atoms with Gasteiger partial charge in [-0.15, -0.1) is 0 Å². The smallest absolute Gasteiger partial charge is 0.134 e. The van der Waals surface area contributed by atoms with Gasteiger partial charge in [-0.25, -0.2) is 9.97 Å². The summed E-state index contributed by atoms with van der Waals surface area (Å²) >= 11 is 0. The van der Waals surface area contributed by atoms with E-state index in [2.05, 4.69) is 27.5 Å². The molecule has 5 nitrogen and oxygen atoms in total. The van der Waals surface area contributed by atoms with Crippen LogP contribution >= 0.6 is 0 Å². The standard InChI is InChI=1S/C15H20N4O/c1-4-12-14(16-2)18-10-19-15(12)17-9-11-7-5-6-8-13(11)20-3/h5-8,10H,4,9H2,1-3H3,(H2,16,17,18,19). The summed E-state index contributed by atoms with van der Waals surface area (Å²) in [5.74, 6) is 2.60. The number of rotatable bonds is 6. The summed E-state index contributed by atoms with van der Waals surface area (Å²) in [5.41, 5.74) is 2.19. The molecule has 0 bridgehead atoms. The van der Waals surface area contributed by atoms with Crippen molar-refractivity contribution in [3.63, 3.8) is 0 Å². The molecule has 0 fully saturated rings. The Morgan fingerprint density at radius 2 is 1.90 bits per heavy atom. The van der Waals surface area contributed by atoms with Gasteiger partial charge in [0.05, 0.1) is 7.11 Å². The fourth-order valence-electron chi connectivity index (χ4n) is 2.14. The topological polar surface area (TPSA) is 59.1 Å². The maximum Gasteiger partial charge on any atom is 0.134 e. The van der Waals surface area contributed by atoms with E-state index in [0.29, 0.717) is 6.54 Å². The van der Waals surface area contributed by atoms with Crippen LogP contribution < -0.4 is 15.4 Å². The van der Waals surface area contributed by atoms with Crippen molar-refractivity contribution < 1.29 is 4.74 Å². The molecule has 0 spiro atoms. The van der Waals surface area contributed by atoms with Crippen molar-refractivity contribution in [2.75, 3.05) is 24.8 Å². The molecule has 1 aromatic heterocycles. The van der Waals surface area contributed by atoms with E-state index in [9.17, 15) is 0 Å². The van der Waals surface area contributed by atoms with Gasteiger partial charge in [0.25, 0.3) is 0 Å². The molecule has 1 aromatic carbocycles. The average Bonchev–Trinajstić information content (AvgIpc) is 2.52. The first-order valence-electron chi connectivity index (χ1n) is 6.67. The number of benzene rings is 1. The zero-order valence-corrected chi connectivity index (χ0v) is 12.1. The third kappa shape index (κ3) is 2.99. The minimum absolute atomic E-state index is 0.664. The van der Waals surface area contributed by atoms with Gasteiger partial charge in [0.15, 0.2) is 0 Å². The van der Waals surface area contributed by atoms with Crippen molar-refractivity contribution in [3.8, 4) is 5.75 Å². The van der Waals surface area contributed by atoms with Crippen LogP contribution in [0, 0.1) is 0 Å². The van der Waals surface area contributed by atoms with Crippen molar-refractivity contribution in [2.45, 2.75) is 19.9 Å². The molecule has 0 atom stereocenters. The van der Waals surface area contributed by atoms with Gasteiger partial charge in [0.2, 0.25) is 0 Å². The molecule has 0 aliphatic carbocycles. The molecule has 106 valence electrons. The molecule has 2 aromatic rings. The van der Waals surface area contributed by atoms with Crippen molar-refractivity contribution in [1.29, 1.82) is 0 Å². The van der Waals surface area contributed by atoms with Crippen molar-refractivity contribution in [1.82, 2.24) is 9.97 Å². The van der Waals surface area contributed by atoms with E-state index in [4.69, 9.17) is 4.74 Å². The first kappa shape index (κ1) is 14.1. The number of aromatic nitrogens is 2. The van der Waals surface area contributed by atoms with E-state index in [1.54, 1.807) is 13.4 Å². The number of methoxy groups -OCH3 is 1. The first-order valence-corrected chi connectivity index (χ1v) is 6.67. The number of nitrogens with zero attached hydrogens (tertiary/aromatic N) is 2. The van der Waals surface area contributed by atoms with Gasteiger partial charge >= 0.3 is 0 Å². The van der Waals surface area contributed by atoms with E-state index in [-0.39, 0.29) is 0 Å². The van der Waals surface area contributed by atoms with Gasteiger partial charge in [-0.3, -0.25) is 0 Å². The summed E-state index contributed by atoms with van der Waals surface area (Å²) in [6.45, 7) is 2.75. The lowest BCUT2D eigenvalue weighted by Gasteiger charge is -2.14. The Labute approximate surface area is 119 Å². The van der Waals surface area contributed by atoms with Crippen molar-refractivity contribution >= 4 is 11.6 Å². The van der Waals surface area contributed by atoms with Crippen LogP contribution in [0.3, 0.4) is 0 Å². The molecule has 0 saturated carbocycles. The maximum atomic E-state index is 5.35. The monoisotopic (exact) mass is 272 g/mol. The lowest BCUT2D eigenvalue weighted by Crippen LogP contribution is -2.08. The Morgan fingerprint density at radius 1 is 1.15 bits per heavy atom. The normalized spacial score (nSPS) is 10.2. The highest BCUT2D eigenvalue weighted by Gasteiger charge is 2.09. The number of hydrogen-bond acceptors (Lipinski definition) is 5. The minimum atomic E-state index is 0.664. The molecule has 0 radical (unpaired) electrons. The molecule has 20 heavy (non-hydrogen) atoms. The summed E-state index contributed by atoms with van der Waals surface area (Å²) in [5, 5.41) is 6.45. The van der Waals surface area contributed by atoms with Crippen LogP contribution in [-0.4, -0.2) is 24.1 Å². The molecule has 0 aliphatic heterocycles. The van der Waals surface area contributed by atoms with Gasteiger partial charge < -0.3 is 15.4 Å². The minimum Gasteiger partial charge on any atom is -0.496 e. The van der Waals surface area contributed by atoms with E-state index >= 15 is 0 Å². The number of ether oxygens (including phenoxy) is 1. The molecule has 0 amide bonds. The molecule has 0 aliphatic rings. The van der Waals surface area contributed by atoms with Gasteiger partial charge in [-0.2, -0.15) is 0 Å². The van der Waals surface area contributed by atoms with Crippen LogP contribution in [0.1, 0.15) is 18.1 Å². The van der Waals surface area contributed by atoms with Crippen molar-refractivity contribution in [2.24, 2.45) is 0 Å². The zero-order valence-electron chi connectivity index (χ0n) is 12.1. The third-order valence-corrected chi connectivity index (χ3v) is 3.17. The second-order valence-corrected chi connectivity index (χ2v) is 4.32. The maximum absolute atomic E-state index is 5.35. The fraction of sp³-hybridized carbons (Fsp3) is 0.333. The number of para-hydroxylation sites is 1. The second kappa shape index (κ2) is 6.75. The first-order chi connectivity index (χ1) is 9.80. The molecule has 2 rings (SSSR count). The largest absolute Gasteiger partial charge is 0.496 e. The van der Waals surface area contributed by atoms with Gasteiger partial charge in [0, 0.05) is 24.7 Å². The molecule has 5 heteroatoms. The average molecular weight is 272 g/mol. The van der Waals surface area contributed by atoms with Crippen LogP contribution in [0.15, 0.2) is 30.6 Å². The van der Waals surface area contributed by atoms with Crippen LogP contribution in [-0.2, 0) is 13.0 Å². The predicted octanol–water partition coefficient (Wildman–Crippen LogP) is 2.70. The SMILES string of the molecule is CCc1c(NC)ncnc1NCc1ccccc1OC.